The molecule has 0 spiro atoms. The summed E-state index contributed by atoms with van der Waals surface area (Å²) in [4.78, 5) is 43.2. The average molecular weight is 662 g/mol. The summed E-state index contributed by atoms with van der Waals surface area (Å²) in [6, 6.07) is -0.294. The fourth-order valence-electron chi connectivity index (χ4n) is 7.39. The van der Waals surface area contributed by atoms with Gasteiger partial charge in [0.1, 0.15) is 12.2 Å². The Hall–Kier alpha value is -1.93. The van der Waals surface area contributed by atoms with E-state index in [4.69, 9.17) is 14.2 Å². The van der Waals surface area contributed by atoms with Crippen molar-refractivity contribution in [2.75, 3.05) is 34.2 Å². The van der Waals surface area contributed by atoms with Crippen LogP contribution in [0.15, 0.2) is 0 Å². The molecule has 0 unspecified atom stereocenters. The molecule has 13 heteroatoms. The zero-order chi connectivity index (χ0) is 34.6. The Labute approximate surface area is 272 Å². The summed E-state index contributed by atoms with van der Waals surface area (Å²) in [5.74, 6) is -6.66. The number of esters is 1. The van der Waals surface area contributed by atoms with E-state index in [-0.39, 0.29) is 56.2 Å². The van der Waals surface area contributed by atoms with Gasteiger partial charge in [-0.25, -0.2) is 8.78 Å². The molecule has 0 aromatic heterocycles. The number of hydrogen-bond donors (Lipinski definition) is 3. The van der Waals surface area contributed by atoms with E-state index in [1.165, 1.54) is 0 Å². The Kier molecular flexibility index (Phi) is 13.4. The fourth-order valence-corrected chi connectivity index (χ4v) is 7.39. The summed E-state index contributed by atoms with van der Waals surface area (Å²) in [6.45, 7) is 9.31. The molecule has 3 rings (SSSR count). The minimum absolute atomic E-state index is 0.0316. The maximum absolute atomic E-state index is 13.9. The summed E-state index contributed by atoms with van der Waals surface area (Å²) < 4.78 is 46.4. The Morgan fingerprint density at radius 3 is 2.37 bits per heavy atom. The van der Waals surface area contributed by atoms with Crippen molar-refractivity contribution < 1.29 is 47.6 Å². The van der Waals surface area contributed by atoms with Gasteiger partial charge in [0.25, 0.3) is 0 Å². The lowest BCUT2D eigenvalue weighted by molar-refractivity contribution is -0.299. The zero-order valence-corrected chi connectivity index (χ0v) is 28.8. The van der Waals surface area contributed by atoms with Gasteiger partial charge >= 0.3 is 5.97 Å². The molecule has 11 nitrogen and oxygen atoms in total. The molecule has 3 aliphatic rings. The molecular formula is C33H57F2N3O8. The quantitative estimate of drug-likeness (QED) is 0.380. The average Bonchev–Trinajstić information content (AvgIpc) is 2.96. The molecule has 0 aromatic carbocycles. The molecule has 1 saturated carbocycles. The molecule has 0 aromatic rings. The number of amides is 2. The van der Waals surface area contributed by atoms with Gasteiger partial charge in [-0.3, -0.25) is 14.4 Å². The summed E-state index contributed by atoms with van der Waals surface area (Å²) in [5.41, 5.74) is -1.60. The zero-order valence-electron chi connectivity index (χ0n) is 28.8. The molecule has 2 amide bonds. The number of aliphatic hydroxyl groups is 2. The van der Waals surface area contributed by atoms with E-state index in [0.29, 0.717) is 19.4 Å². The highest BCUT2D eigenvalue weighted by molar-refractivity contribution is 5.80. The maximum atomic E-state index is 13.9. The molecule has 2 aliphatic heterocycles. The minimum Gasteiger partial charge on any atom is -0.461 e. The van der Waals surface area contributed by atoms with E-state index in [9.17, 15) is 33.4 Å². The lowest BCUT2D eigenvalue weighted by atomic mass is 9.77. The van der Waals surface area contributed by atoms with Crippen LogP contribution in [0.4, 0.5) is 8.78 Å². The van der Waals surface area contributed by atoms with Crippen LogP contribution < -0.4 is 5.32 Å². The Balaban J connectivity index is 2.01. The normalized spacial score (nSPS) is 39.3. The highest BCUT2D eigenvalue weighted by atomic mass is 19.3. The van der Waals surface area contributed by atoms with Crippen LogP contribution in [-0.4, -0.2) is 120 Å². The second kappa shape index (κ2) is 16.0. The number of nitrogens with zero attached hydrogens (tertiary/aromatic N) is 2. The van der Waals surface area contributed by atoms with Crippen molar-refractivity contribution in [3.05, 3.63) is 0 Å². The third kappa shape index (κ3) is 10.0. The molecule has 46 heavy (non-hydrogen) atoms. The number of ether oxygens (including phenoxy) is 3. The summed E-state index contributed by atoms with van der Waals surface area (Å²) in [5, 5.41) is 26.3. The van der Waals surface area contributed by atoms with E-state index in [0.717, 1.165) is 0 Å². The maximum Gasteiger partial charge on any atom is 0.309 e. The first-order valence-corrected chi connectivity index (χ1v) is 16.8. The van der Waals surface area contributed by atoms with Crippen LogP contribution in [0.5, 0.6) is 0 Å². The molecule has 0 bridgehead atoms. The number of hydrogen-bond acceptors (Lipinski definition) is 9. The van der Waals surface area contributed by atoms with Crippen molar-refractivity contribution in [1.82, 2.24) is 15.1 Å². The van der Waals surface area contributed by atoms with Crippen molar-refractivity contribution in [1.29, 1.82) is 0 Å². The summed E-state index contributed by atoms with van der Waals surface area (Å²) in [7, 11) is 5.40. The molecule has 2 saturated heterocycles. The molecule has 0 radical (unpaired) electrons. The van der Waals surface area contributed by atoms with E-state index in [1.807, 2.05) is 32.8 Å². The smallest absolute Gasteiger partial charge is 0.309 e. The van der Waals surface area contributed by atoms with Crippen molar-refractivity contribution in [2.24, 2.45) is 23.7 Å². The van der Waals surface area contributed by atoms with Crippen molar-refractivity contribution >= 4 is 17.8 Å². The van der Waals surface area contributed by atoms with Crippen molar-refractivity contribution in [3.8, 4) is 0 Å². The van der Waals surface area contributed by atoms with E-state index >= 15 is 0 Å². The first-order valence-electron chi connectivity index (χ1n) is 16.8. The molecule has 2 heterocycles. The molecule has 3 fully saturated rings. The highest BCUT2D eigenvalue weighted by Gasteiger charge is 2.49. The topological polar surface area (TPSA) is 138 Å². The number of aliphatic hydroxyl groups excluding tert-OH is 1. The van der Waals surface area contributed by atoms with Crippen LogP contribution in [-0.2, 0) is 28.6 Å². The fraction of sp³-hybridized carbons (Fsp3) is 0.909. The number of carbonyl (C=O) groups is 3. The predicted octanol–water partition coefficient (Wildman–Crippen LogP) is 2.95. The lowest BCUT2D eigenvalue weighted by Gasteiger charge is -2.47. The number of alkyl halides is 2. The molecular weight excluding hydrogens is 604 g/mol. The number of likely N-dealkylation sites (N-methyl/N-ethyl adjacent to an activating group) is 1. The van der Waals surface area contributed by atoms with Crippen LogP contribution in [0.3, 0.4) is 0 Å². The number of carbonyl (C=O) groups excluding carboxylic acids is 3. The predicted molar refractivity (Wildman–Crippen MR) is 167 cm³/mol. The largest absolute Gasteiger partial charge is 0.461 e. The van der Waals surface area contributed by atoms with Gasteiger partial charge in [-0.2, -0.15) is 0 Å². The van der Waals surface area contributed by atoms with Gasteiger partial charge in [-0.1, -0.05) is 20.8 Å². The molecule has 266 valence electrons. The van der Waals surface area contributed by atoms with Gasteiger partial charge in [-0.05, 0) is 66.0 Å². The third-order valence-electron chi connectivity index (χ3n) is 10.0. The third-order valence-corrected chi connectivity index (χ3v) is 10.0. The van der Waals surface area contributed by atoms with Gasteiger partial charge in [0.2, 0.25) is 17.7 Å². The first kappa shape index (κ1) is 38.5. The SMILES string of the molecule is C[C@H]1CN(C)C(=O)CCCNC(=O)[C@H](C)[C@@H](OC(=O)C2CCC(F)(F)CC2)[C@H](C)[C@@H](O[C@@H]2O[C@H](C)C[C@H](N(C)C)[C@H]2O)[C@](C)(O)C1. The Bertz CT molecular complexity index is 1040. The standard InChI is InChI=1S/C33H57F2N3O8/c1-19-17-32(5,43)28(46-31-26(40)24(37(6)7)16-20(2)44-31)21(3)27(45-30(42)23-11-13-33(34,35)14-12-23)22(4)29(41)36-15-9-10-25(39)38(8)18-19/h19-24,26-28,31,40,43H,9-18H2,1-8H3,(H,36,41)/t19-,20-,21+,22-,24+,26-,27+,28-,31+,32-/m1/s1. The van der Waals surface area contributed by atoms with Gasteiger partial charge < -0.3 is 39.5 Å². The van der Waals surface area contributed by atoms with Gasteiger partial charge in [-0.15, -0.1) is 0 Å². The Morgan fingerprint density at radius 1 is 1.13 bits per heavy atom. The Morgan fingerprint density at radius 2 is 1.76 bits per heavy atom. The van der Waals surface area contributed by atoms with Gasteiger partial charge in [0.05, 0.1) is 29.6 Å². The van der Waals surface area contributed by atoms with Crippen molar-refractivity contribution in [2.45, 2.75) is 134 Å². The molecule has 3 N–H and O–H groups in total. The number of nitrogens with one attached hydrogen (secondary N) is 1. The van der Waals surface area contributed by atoms with Crippen LogP contribution >= 0.6 is 0 Å². The van der Waals surface area contributed by atoms with E-state index in [1.54, 1.807) is 32.7 Å². The second-order valence-electron chi connectivity index (χ2n) is 14.6. The lowest BCUT2D eigenvalue weighted by Crippen LogP contribution is -2.59. The minimum atomic E-state index is -2.83. The first-order chi connectivity index (χ1) is 21.3. The number of rotatable bonds is 5. The van der Waals surface area contributed by atoms with Crippen LogP contribution in [0.25, 0.3) is 0 Å². The monoisotopic (exact) mass is 661 g/mol. The van der Waals surface area contributed by atoms with E-state index < -0.39 is 78.6 Å². The highest BCUT2D eigenvalue weighted by Crippen LogP contribution is 2.39. The van der Waals surface area contributed by atoms with Crippen LogP contribution in [0.2, 0.25) is 0 Å². The summed E-state index contributed by atoms with van der Waals surface area (Å²) in [6.07, 6.45) is -4.24. The second-order valence-corrected chi connectivity index (χ2v) is 14.6. The molecule has 10 atom stereocenters. The van der Waals surface area contributed by atoms with Crippen molar-refractivity contribution in [3.63, 3.8) is 0 Å². The van der Waals surface area contributed by atoms with Gasteiger partial charge in [0, 0.05) is 51.4 Å². The van der Waals surface area contributed by atoms with E-state index in [2.05, 4.69) is 5.32 Å². The van der Waals surface area contributed by atoms with Crippen LogP contribution in [0, 0.1) is 23.7 Å². The molecule has 1 aliphatic carbocycles. The summed E-state index contributed by atoms with van der Waals surface area (Å²) >= 11 is 0. The number of halogens is 2. The van der Waals surface area contributed by atoms with Gasteiger partial charge in [0.15, 0.2) is 6.29 Å². The van der Waals surface area contributed by atoms with Crippen LogP contribution in [0.1, 0.15) is 86.0 Å².